The summed E-state index contributed by atoms with van der Waals surface area (Å²) in [5.41, 5.74) is -0.864. The predicted molar refractivity (Wildman–Crippen MR) is 130 cm³/mol. The molecule has 2 aromatic carbocycles. The van der Waals surface area contributed by atoms with Gasteiger partial charge in [0.25, 0.3) is 11.8 Å². The summed E-state index contributed by atoms with van der Waals surface area (Å²) >= 11 is 0. The molecule has 1 fully saturated rings. The van der Waals surface area contributed by atoms with Crippen LogP contribution in [0.5, 0.6) is 5.75 Å². The zero-order chi connectivity index (χ0) is 26.6. The highest BCUT2D eigenvalue weighted by atomic mass is 19.1. The average molecular weight is 521 g/mol. The van der Waals surface area contributed by atoms with Gasteiger partial charge in [-0.2, -0.15) is 0 Å². The van der Waals surface area contributed by atoms with Crippen molar-refractivity contribution in [2.45, 2.75) is 38.2 Å². The van der Waals surface area contributed by atoms with Crippen LogP contribution in [0.15, 0.2) is 65.6 Å². The average Bonchev–Trinajstić information content (AvgIpc) is 3.50. The van der Waals surface area contributed by atoms with Gasteiger partial charge in [-0.1, -0.05) is 42.5 Å². The van der Waals surface area contributed by atoms with Crippen molar-refractivity contribution in [2.24, 2.45) is 5.92 Å². The number of nitrogens with zero attached hydrogens (tertiary/aromatic N) is 2. The van der Waals surface area contributed by atoms with Crippen molar-refractivity contribution < 1.29 is 27.5 Å². The van der Waals surface area contributed by atoms with E-state index in [2.05, 4.69) is 11.4 Å². The summed E-state index contributed by atoms with van der Waals surface area (Å²) in [5.74, 6) is -4.74. The number of amides is 2. The van der Waals surface area contributed by atoms with E-state index in [0.29, 0.717) is 18.7 Å². The van der Waals surface area contributed by atoms with Gasteiger partial charge in [-0.05, 0) is 12.0 Å². The maximum atomic E-state index is 14.1. The fraction of sp³-hybridized carbons (Fsp3) is 0.250. The smallest absolute Gasteiger partial charge is 0.275 e. The van der Waals surface area contributed by atoms with E-state index in [0.717, 1.165) is 12.0 Å². The van der Waals surface area contributed by atoms with Gasteiger partial charge in [-0.3, -0.25) is 14.4 Å². The van der Waals surface area contributed by atoms with E-state index in [1.165, 1.54) is 6.20 Å². The first kappa shape index (κ1) is 24.0. The van der Waals surface area contributed by atoms with Crippen molar-refractivity contribution in [1.29, 1.82) is 0 Å². The Labute approximate surface area is 215 Å². The van der Waals surface area contributed by atoms with Crippen molar-refractivity contribution in [1.82, 2.24) is 14.8 Å². The third kappa shape index (κ3) is 3.96. The van der Waals surface area contributed by atoms with E-state index in [4.69, 9.17) is 4.74 Å². The molecule has 3 atom stereocenters. The maximum Gasteiger partial charge on any atom is 0.275 e. The van der Waals surface area contributed by atoms with Gasteiger partial charge in [0.2, 0.25) is 5.43 Å². The van der Waals surface area contributed by atoms with Crippen molar-refractivity contribution in [3.8, 4) is 5.75 Å². The third-order valence-electron chi connectivity index (χ3n) is 7.36. The number of hydrogen-bond acceptors (Lipinski definition) is 4. The molecular formula is C28H22F3N3O4. The maximum absolute atomic E-state index is 14.1. The van der Waals surface area contributed by atoms with Gasteiger partial charge in [-0.15, -0.1) is 0 Å². The van der Waals surface area contributed by atoms with Crippen LogP contribution in [0.2, 0.25) is 0 Å². The number of hydrogen-bond donors (Lipinski definition) is 1. The zero-order valence-corrected chi connectivity index (χ0v) is 20.0. The van der Waals surface area contributed by atoms with E-state index in [9.17, 15) is 27.6 Å². The lowest BCUT2D eigenvalue weighted by Crippen LogP contribution is -2.51. The molecule has 2 aliphatic heterocycles. The van der Waals surface area contributed by atoms with Crippen LogP contribution in [-0.4, -0.2) is 33.4 Å². The molecule has 0 unspecified atom stereocenters. The van der Waals surface area contributed by atoms with Crippen LogP contribution in [0.25, 0.3) is 0 Å². The number of carbonyl (C=O) groups is 2. The van der Waals surface area contributed by atoms with Crippen LogP contribution in [-0.2, 0) is 19.7 Å². The minimum absolute atomic E-state index is 0.0111. The first-order valence-electron chi connectivity index (χ1n) is 12.2. The van der Waals surface area contributed by atoms with E-state index in [1.54, 1.807) is 21.6 Å². The quantitative estimate of drug-likeness (QED) is 0.504. The Morgan fingerprint density at radius 2 is 1.79 bits per heavy atom. The van der Waals surface area contributed by atoms with Gasteiger partial charge in [0.1, 0.15) is 29.6 Å². The predicted octanol–water partition coefficient (Wildman–Crippen LogP) is 3.56. The third-order valence-corrected chi connectivity index (χ3v) is 7.36. The summed E-state index contributed by atoms with van der Waals surface area (Å²) in [6.07, 6.45) is 6.17. The summed E-state index contributed by atoms with van der Waals surface area (Å²) in [6, 6.07) is 9.90. The highest BCUT2D eigenvalue weighted by molar-refractivity contribution is 5.99. The van der Waals surface area contributed by atoms with E-state index in [1.807, 2.05) is 24.3 Å². The normalized spacial score (nSPS) is 20.9. The molecule has 2 amide bonds. The van der Waals surface area contributed by atoms with E-state index < -0.39 is 40.9 Å². The minimum Gasteiger partial charge on any atom is -0.483 e. The SMILES string of the molecule is O=C(NCc1c(F)cc(F)cc1F)c1cn2c(c(OCc3ccccc3)c1=O)C(=O)N1[C@H]3C=C[C@H](C3)[C@@H]1C2. The lowest BCUT2D eigenvalue weighted by molar-refractivity contribution is 0.0583. The summed E-state index contributed by atoms with van der Waals surface area (Å²) in [7, 11) is 0. The Balaban J connectivity index is 1.36. The number of aromatic nitrogens is 1. The Morgan fingerprint density at radius 3 is 2.53 bits per heavy atom. The topological polar surface area (TPSA) is 80.6 Å². The molecule has 1 N–H and O–H groups in total. The molecule has 6 rings (SSSR count). The van der Waals surface area contributed by atoms with E-state index >= 15 is 0 Å². The van der Waals surface area contributed by atoms with Gasteiger partial charge in [0, 0.05) is 42.9 Å². The van der Waals surface area contributed by atoms with Crippen LogP contribution in [0, 0.1) is 23.4 Å². The number of rotatable bonds is 6. The number of halogens is 3. The van der Waals surface area contributed by atoms with Crippen LogP contribution in [0.3, 0.4) is 0 Å². The van der Waals surface area contributed by atoms with Crippen molar-refractivity contribution in [3.63, 3.8) is 0 Å². The second kappa shape index (κ2) is 9.20. The van der Waals surface area contributed by atoms with Crippen LogP contribution in [0.4, 0.5) is 13.2 Å². The summed E-state index contributed by atoms with van der Waals surface area (Å²) < 4.78 is 48.8. The number of benzene rings is 2. The minimum atomic E-state index is -1.16. The lowest BCUT2D eigenvalue weighted by atomic mass is 9.99. The van der Waals surface area contributed by atoms with Gasteiger partial charge in [0.05, 0.1) is 12.1 Å². The van der Waals surface area contributed by atoms with Crippen LogP contribution < -0.4 is 15.5 Å². The number of fused-ring (bicyclic) bond motifs is 6. The Kier molecular flexibility index (Phi) is 5.81. The van der Waals surface area contributed by atoms with Gasteiger partial charge < -0.3 is 19.5 Å². The Morgan fingerprint density at radius 1 is 1.05 bits per heavy atom. The molecular weight excluding hydrogens is 499 g/mol. The highest BCUT2D eigenvalue weighted by Gasteiger charge is 2.49. The number of ether oxygens (including phenoxy) is 1. The van der Waals surface area contributed by atoms with Gasteiger partial charge in [-0.25, -0.2) is 13.2 Å². The number of carbonyl (C=O) groups excluding carboxylic acids is 2. The number of pyridine rings is 1. The molecule has 10 heteroatoms. The first-order valence-corrected chi connectivity index (χ1v) is 12.2. The fourth-order valence-electron chi connectivity index (χ4n) is 5.53. The molecule has 2 bridgehead atoms. The van der Waals surface area contributed by atoms with E-state index in [-0.39, 0.29) is 47.5 Å². The Bertz CT molecular complexity index is 1530. The molecule has 1 aromatic heterocycles. The molecule has 1 saturated heterocycles. The molecule has 1 aliphatic carbocycles. The number of nitrogens with one attached hydrogen (secondary N) is 1. The molecule has 3 aliphatic rings. The molecule has 7 nitrogen and oxygen atoms in total. The molecule has 0 saturated carbocycles. The molecule has 0 radical (unpaired) electrons. The molecule has 194 valence electrons. The van der Waals surface area contributed by atoms with Gasteiger partial charge >= 0.3 is 0 Å². The standard InChI is InChI=1S/C28H22F3N3O4/c29-17-9-21(30)19(22(31)10-17)11-32-27(36)20-12-33-13-23-16-6-7-18(8-16)34(23)28(37)24(33)26(25(20)35)38-14-15-4-2-1-3-5-15/h1-7,9-10,12,16,18,23H,8,11,13-14H2,(H,32,36)/t16-,18+,23+/m1/s1. The first-order chi connectivity index (χ1) is 18.3. The van der Waals surface area contributed by atoms with Crippen LogP contribution in [0.1, 0.15) is 38.4 Å². The molecule has 38 heavy (non-hydrogen) atoms. The molecule has 0 spiro atoms. The summed E-state index contributed by atoms with van der Waals surface area (Å²) in [4.78, 5) is 42.0. The second-order valence-electron chi connectivity index (χ2n) is 9.64. The summed E-state index contributed by atoms with van der Waals surface area (Å²) in [6.45, 7) is -0.263. The molecule has 3 aromatic rings. The van der Waals surface area contributed by atoms with Crippen molar-refractivity contribution in [3.05, 3.63) is 111 Å². The fourth-order valence-corrected chi connectivity index (χ4v) is 5.53. The molecule has 3 heterocycles. The van der Waals surface area contributed by atoms with Crippen LogP contribution >= 0.6 is 0 Å². The van der Waals surface area contributed by atoms with Crippen molar-refractivity contribution >= 4 is 11.8 Å². The largest absolute Gasteiger partial charge is 0.483 e. The second-order valence-corrected chi connectivity index (χ2v) is 9.64. The van der Waals surface area contributed by atoms with Crippen molar-refractivity contribution in [2.75, 3.05) is 0 Å². The highest BCUT2D eigenvalue weighted by Crippen LogP contribution is 2.42. The summed E-state index contributed by atoms with van der Waals surface area (Å²) in [5, 5.41) is 2.33. The monoisotopic (exact) mass is 521 g/mol. The Hall–Kier alpha value is -4.34. The zero-order valence-electron chi connectivity index (χ0n) is 20.0. The lowest BCUT2D eigenvalue weighted by Gasteiger charge is -2.38. The van der Waals surface area contributed by atoms with Gasteiger partial charge in [0.15, 0.2) is 11.4 Å².